The van der Waals surface area contributed by atoms with Gasteiger partial charge in [0.2, 0.25) is 0 Å². The molecule has 1 N–H and O–H groups in total. The van der Waals surface area contributed by atoms with Crippen LogP contribution in [0.2, 0.25) is 0 Å². The normalized spacial score (nSPS) is 9.65. The summed E-state index contributed by atoms with van der Waals surface area (Å²) in [6.45, 7) is 2.77. The first-order valence-electron chi connectivity index (χ1n) is 5.50. The van der Waals surface area contributed by atoms with Crippen molar-refractivity contribution in [3.8, 4) is 12.3 Å². The molecule has 0 radical (unpaired) electrons. The summed E-state index contributed by atoms with van der Waals surface area (Å²) in [5, 5.41) is 3.32. The van der Waals surface area contributed by atoms with Gasteiger partial charge in [-0.05, 0) is 36.8 Å². The Hall–Kier alpha value is -2.27. The van der Waals surface area contributed by atoms with Gasteiger partial charge in [0.1, 0.15) is 0 Å². The van der Waals surface area contributed by atoms with Crippen LogP contribution in [0.4, 0.5) is 5.69 Å². The zero-order valence-corrected chi connectivity index (χ0v) is 9.77. The third kappa shape index (κ3) is 2.85. The minimum Gasteiger partial charge on any atom is -0.379 e. The van der Waals surface area contributed by atoms with Crippen LogP contribution in [0.15, 0.2) is 42.6 Å². The molecule has 0 bridgehead atoms. The molecule has 0 unspecified atom stereocenters. The van der Waals surface area contributed by atoms with Gasteiger partial charge in [-0.3, -0.25) is 4.98 Å². The summed E-state index contributed by atoms with van der Waals surface area (Å²) in [4.78, 5) is 4.33. The molecule has 0 aliphatic rings. The Balaban J connectivity index is 2.08. The number of hydrogen-bond acceptors (Lipinski definition) is 2. The van der Waals surface area contributed by atoms with E-state index in [1.165, 1.54) is 5.56 Å². The molecule has 2 rings (SSSR count). The van der Waals surface area contributed by atoms with E-state index in [2.05, 4.69) is 29.2 Å². The van der Waals surface area contributed by atoms with Crippen LogP contribution in [-0.2, 0) is 6.54 Å². The fourth-order valence-electron chi connectivity index (χ4n) is 1.61. The first-order chi connectivity index (χ1) is 8.29. The van der Waals surface area contributed by atoms with Crippen LogP contribution in [-0.4, -0.2) is 4.98 Å². The summed E-state index contributed by atoms with van der Waals surface area (Å²) < 4.78 is 0. The minimum atomic E-state index is 0.709. The van der Waals surface area contributed by atoms with Gasteiger partial charge in [-0.2, -0.15) is 0 Å². The van der Waals surface area contributed by atoms with Crippen LogP contribution < -0.4 is 5.32 Å². The molecule has 1 aromatic heterocycles. The summed E-state index contributed by atoms with van der Waals surface area (Å²) in [5.41, 5.74) is 4.14. The van der Waals surface area contributed by atoms with E-state index in [1.807, 2.05) is 36.5 Å². The van der Waals surface area contributed by atoms with E-state index >= 15 is 0 Å². The lowest BCUT2D eigenvalue weighted by molar-refractivity contribution is 1.02. The van der Waals surface area contributed by atoms with E-state index in [0.717, 1.165) is 16.9 Å². The standard InChI is InChI=1S/C15H14N2/c1-3-13-7-4-8-14(10-13)17-11-15-12(2)6-5-9-16-15/h1,4-10,17H,11H2,2H3. The van der Waals surface area contributed by atoms with Crippen LogP contribution in [0.5, 0.6) is 0 Å². The summed E-state index contributed by atoms with van der Waals surface area (Å²) in [7, 11) is 0. The maximum Gasteiger partial charge on any atom is 0.0623 e. The second-order valence-corrected chi connectivity index (χ2v) is 3.85. The van der Waals surface area contributed by atoms with Crippen molar-refractivity contribution in [2.75, 3.05) is 5.32 Å². The average Bonchev–Trinajstić information content (AvgIpc) is 2.38. The Bertz CT molecular complexity index is 553. The van der Waals surface area contributed by atoms with Gasteiger partial charge in [-0.25, -0.2) is 0 Å². The predicted molar refractivity (Wildman–Crippen MR) is 70.7 cm³/mol. The highest BCUT2D eigenvalue weighted by atomic mass is 14.9. The van der Waals surface area contributed by atoms with Crippen molar-refractivity contribution in [3.63, 3.8) is 0 Å². The fraction of sp³-hybridized carbons (Fsp3) is 0.133. The molecule has 17 heavy (non-hydrogen) atoms. The van der Waals surface area contributed by atoms with Gasteiger partial charge >= 0.3 is 0 Å². The first-order valence-corrected chi connectivity index (χ1v) is 5.50. The summed E-state index contributed by atoms with van der Waals surface area (Å²) >= 11 is 0. The van der Waals surface area contributed by atoms with Gasteiger partial charge in [-0.1, -0.05) is 18.1 Å². The van der Waals surface area contributed by atoms with Gasteiger partial charge < -0.3 is 5.32 Å². The van der Waals surface area contributed by atoms with Gasteiger partial charge in [0, 0.05) is 17.4 Å². The lowest BCUT2D eigenvalue weighted by Gasteiger charge is -2.08. The highest BCUT2D eigenvalue weighted by Gasteiger charge is 1.98. The van der Waals surface area contributed by atoms with Crippen molar-refractivity contribution < 1.29 is 0 Å². The second kappa shape index (κ2) is 5.18. The molecule has 0 aliphatic carbocycles. The molecule has 0 saturated carbocycles. The van der Waals surface area contributed by atoms with Crippen molar-refractivity contribution in [2.24, 2.45) is 0 Å². The zero-order valence-electron chi connectivity index (χ0n) is 9.77. The SMILES string of the molecule is C#Cc1cccc(NCc2ncccc2C)c1. The first kappa shape index (κ1) is 11.2. The fourth-order valence-corrected chi connectivity index (χ4v) is 1.61. The number of rotatable bonds is 3. The number of benzene rings is 1. The monoisotopic (exact) mass is 222 g/mol. The molecular weight excluding hydrogens is 208 g/mol. The number of terminal acetylenes is 1. The molecule has 0 spiro atoms. The van der Waals surface area contributed by atoms with Crippen LogP contribution in [0.1, 0.15) is 16.8 Å². The molecule has 0 aliphatic heterocycles. The lowest BCUT2D eigenvalue weighted by atomic mass is 10.2. The molecule has 2 nitrogen and oxygen atoms in total. The topological polar surface area (TPSA) is 24.9 Å². The second-order valence-electron chi connectivity index (χ2n) is 3.85. The Morgan fingerprint density at radius 1 is 1.29 bits per heavy atom. The van der Waals surface area contributed by atoms with Crippen LogP contribution in [0.3, 0.4) is 0 Å². The Morgan fingerprint density at radius 3 is 2.94 bits per heavy atom. The smallest absolute Gasteiger partial charge is 0.0623 e. The molecule has 0 atom stereocenters. The molecule has 0 saturated heterocycles. The number of nitrogens with one attached hydrogen (secondary N) is 1. The van der Waals surface area contributed by atoms with Crippen molar-refractivity contribution >= 4 is 5.69 Å². The quantitative estimate of drug-likeness (QED) is 0.807. The van der Waals surface area contributed by atoms with Crippen molar-refractivity contribution in [2.45, 2.75) is 13.5 Å². The van der Waals surface area contributed by atoms with Crippen LogP contribution in [0, 0.1) is 19.3 Å². The molecule has 1 heterocycles. The minimum absolute atomic E-state index is 0.709. The maximum absolute atomic E-state index is 5.36. The van der Waals surface area contributed by atoms with E-state index in [4.69, 9.17) is 6.42 Å². The number of aryl methyl sites for hydroxylation is 1. The van der Waals surface area contributed by atoms with E-state index in [-0.39, 0.29) is 0 Å². The molecule has 1 aromatic carbocycles. The number of hydrogen-bond donors (Lipinski definition) is 1. The largest absolute Gasteiger partial charge is 0.379 e. The zero-order chi connectivity index (χ0) is 12.1. The van der Waals surface area contributed by atoms with E-state index in [0.29, 0.717) is 6.54 Å². The highest BCUT2D eigenvalue weighted by Crippen LogP contribution is 2.12. The van der Waals surface area contributed by atoms with Crippen molar-refractivity contribution in [3.05, 3.63) is 59.4 Å². The number of pyridine rings is 1. The van der Waals surface area contributed by atoms with Gasteiger partial charge in [0.15, 0.2) is 0 Å². The molecule has 84 valence electrons. The lowest BCUT2D eigenvalue weighted by Crippen LogP contribution is -2.03. The summed E-state index contributed by atoms with van der Waals surface area (Å²) in [6.07, 6.45) is 7.17. The maximum atomic E-state index is 5.36. The van der Waals surface area contributed by atoms with E-state index < -0.39 is 0 Å². The third-order valence-electron chi connectivity index (χ3n) is 2.61. The Labute approximate surface area is 102 Å². The Morgan fingerprint density at radius 2 is 2.18 bits per heavy atom. The molecule has 0 amide bonds. The molecular formula is C15H14N2. The van der Waals surface area contributed by atoms with Crippen LogP contribution in [0.25, 0.3) is 0 Å². The molecule has 0 fully saturated rings. The van der Waals surface area contributed by atoms with Gasteiger partial charge in [-0.15, -0.1) is 6.42 Å². The van der Waals surface area contributed by atoms with Crippen LogP contribution >= 0.6 is 0 Å². The number of nitrogens with zero attached hydrogens (tertiary/aromatic N) is 1. The van der Waals surface area contributed by atoms with E-state index in [1.54, 1.807) is 0 Å². The average molecular weight is 222 g/mol. The van der Waals surface area contributed by atoms with Gasteiger partial charge in [0.25, 0.3) is 0 Å². The highest BCUT2D eigenvalue weighted by molar-refractivity contribution is 5.50. The predicted octanol–water partition coefficient (Wildman–Crippen LogP) is 2.98. The summed E-state index contributed by atoms with van der Waals surface area (Å²) in [6, 6.07) is 11.8. The van der Waals surface area contributed by atoms with Gasteiger partial charge in [0.05, 0.1) is 12.2 Å². The Kier molecular flexibility index (Phi) is 3.42. The number of aromatic nitrogens is 1. The molecule has 2 heteroatoms. The van der Waals surface area contributed by atoms with Crippen molar-refractivity contribution in [1.29, 1.82) is 0 Å². The number of anilines is 1. The third-order valence-corrected chi connectivity index (χ3v) is 2.61. The van der Waals surface area contributed by atoms with E-state index in [9.17, 15) is 0 Å². The van der Waals surface area contributed by atoms with Crippen molar-refractivity contribution in [1.82, 2.24) is 4.98 Å². The summed E-state index contributed by atoms with van der Waals surface area (Å²) in [5.74, 6) is 2.62. The molecule has 2 aromatic rings.